The number of likely N-dealkylation sites (tertiary alicyclic amines) is 2. The van der Waals surface area contributed by atoms with Gasteiger partial charge in [-0.05, 0) is 115 Å². The molecule has 7 N–H and O–H groups in total. The standard InChI is InChI=1S/C26H36N4O3S.C22H40N4O4.C9H6O2S/c1-15(27-5)23(31)29-22(26(2,3)4)25(33)30-13-12-16-10-11-19(21(16)30)28-24(32)18-14-34-20-9-7-6-8-17(18)20;1-13(25(8)20(29)30-22(5,6)7)18(27)24-17(21(2,3)4)19(28)26-12-11-14-9-10-15(23)16(14)26;10-9(11)7-5-12-8-4-2-1-3-6(7)8/h6-9,14-16,19,21-22,27H,10-13H2,1-5H3,(H,28,32)(H,29,31);13-17H,9-12,23H2,1-8H3,(H,24,27);1-5H,(H,10,11)/t15-,16?,19?,21?,22+;13-,14?,15?,16?,17+;/m00./s1. The average molecular weight is 1090 g/mol. The minimum atomic E-state index is -0.854. The largest absolute Gasteiger partial charge is 0.478 e. The third kappa shape index (κ3) is 13.9. The Kier molecular flexibility index (Phi) is 19.1. The number of nitrogens with zero attached hydrogens (tertiary/aromatic N) is 3. The second-order valence-electron chi connectivity index (χ2n) is 24.0. The van der Waals surface area contributed by atoms with Crippen molar-refractivity contribution in [1.29, 1.82) is 0 Å². The zero-order chi connectivity index (χ0) is 56.2. The van der Waals surface area contributed by atoms with Gasteiger partial charge in [0, 0.05) is 69.2 Å². The van der Waals surface area contributed by atoms with E-state index in [0.29, 0.717) is 36.1 Å². The molecule has 2 aliphatic carbocycles. The molecule has 2 saturated carbocycles. The Labute approximate surface area is 456 Å². The van der Waals surface area contributed by atoms with E-state index in [1.54, 1.807) is 58.4 Å². The van der Waals surface area contributed by atoms with Crippen LogP contribution in [0.15, 0.2) is 59.3 Å². The van der Waals surface area contributed by atoms with E-state index < -0.39 is 46.6 Å². The highest BCUT2D eigenvalue weighted by Crippen LogP contribution is 2.41. The fraction of sp³-hybridized carbons (Fsp3) is 0.596. The first kappa shape index (κ1) is 59.6. The molecule has 2 saturated heterocycles. The number of nitrogens with one attached hydrogen (secondary N) is 4. The van der Waals surface area contributed by atoms with Crippen LogP contribution in [0.4, 0.5) is 4.79 Å². The molecule has 2 aromatic carbocycles. The molecule has 4 fully saturated rings. The van der Waals surface area contributed by atoms with Gasteiger partial charge in [-0.1, -0.05) is 77.9 Å². The lowest BCUT2D eigenvalue weighted by molar-refractivity contribution is -0.141. The van der Waals surface area contributed by atoms with Crippen LogP contribution in [0.2, 0.25) is 0 Å². The lowest BCUT2D eigenvalue weighted by atomic mass is 9.85. The minimum Gasteiger partial charge on any atom is -0.478 e. The summed E-state index contributed by atoms with van der Waals surface area (Å²) >= 11 is 3.03. The zero-order valence-electron chi connectivity index (χ0n) is 46.7. The lowest BCUT2D eigenvalue weighted by Gasteiger charge is -2.37. The Morgan fingerprint density at radius 2 is 1.16 bits per heavy atom. The van der Waals surface area contributed by atoms with Crippen LogP contribution in [0.3, 0.4) is 0 Å². The summed E-state index contributed by atoms with van der Waals surface area (Å²) in [5.41, 5.74) is 5.80. The fourth-order valence-electron chi connectivity index (χ4n) is 10.8. The molecule has 2 aliphatic heterocycles. The first-order valence-electron chi connectivity index (χ1n) is 26.6. The van der Waals surface area contributed by atoms with Crippen molar-refractivity contribution in [3.63, 3.8) is 0 Å². The number of carbonyl (C=O) groups excluding carboxylic acids is 6. The number of nitrogens with two attached hydrogens (primary N) is 1. The Bertz CT molecular complexity index is 2740. The first-order chi connectivity index (χ1) is 35.5. The van der Waals surface area contributed by atoms with Gasteiger partial charge in [-0.2, -0.15) is 0 Å². The zero-order valence-corrected chi connectivity index (χ0v) is 48.3. The quantitative estimate of drug-likeness (QED) is 0.0846. The molecule has 19 heteroatoms. The van der Waals surface area contributed by atoms with E-state index >= 15 is 0 Å². The number of benzene rings is 2. The molecule has 2 aromatic heterocycles. The number of carboxylic acids is 1. The molecular weight excluding hydrogens is 1000 g/mol. The molecule has 17 nitrogen and oxygen atoms in total. The van der Waals surface area contributed by atoms with Crippen molar-refractivity contribution >= 4 is 84.4 Å². The molecule has 8 rings (SSSR count). The second-order valence-corrected chi connectivity index (χ2v) is 25.9. The van der Waals surface area contributed by atoms with Crippen LogP contribution in [-0.4, -0.2) is 143 Å². The van der Waals surface area contributed by atoms with E-state index in [2.05, 4.69) is 21.3 Å². The third-order valence-corrected chi connectivity index (χ3v) is 17.3. The van der Waals surface area contributed by atoms with Gasteiger partial charge >= 0.3 is 12.1 Å². The van der Waals surface area contributed by atoms with E-state index in [4.69, 9.17) is 15.6 Å². The number of aromatic carboxylic acids is 1. The molecule has 4 aliphatic rings. The molecule has 76 heavy (non-hydrogen) atoms. The van der Waals surface area contributed by atoms with Crippen molar-refractivity contribution in [3.8, 4) is 0 Å². The molecule has 0 radical (unpaired) electrons. The Morgan fingerprint density at radius 1 is 0.684 bits per heavy atom. The van der Waals surface area contributed by atoms with Crippen molar-refractivity contribution < 1.29 is 43.4 Å². The predicted octanol–water partition coefficient (Wildman–Crippen LogP) is 7.86. The summed E-state index contributed by atoms with van der Waals surface area (Å²) in [6.45, 7) is 21.8. The normalized spacial score (nSPS) is 22.7. The second kappa shape index (κ2) is 24.4. The van der Waals surface area contributed by atoms with Gasteiger partial charge in [-0.15, -0.1) is 22.7 Å². The number of thiophene rings is 2. The summed E-state index contributed by atoms with van der Waals surface area (Å²) in [5, 5.41) is 26.2. The number of rotatable bonds is 11. The van der Waals surface area contributed by atoms with Crippen molar-refractivity contribution in [3.05, 3.63) is 70.4 Å². The van der Waals surface area contributed by atoms with Crippen molar-refractivity contribution in [1.82, 2.24) is 36.0 Å². The maximum Gasteiger partial charge on any atom is 0.410 e. The maximum absolute atomic E-state index is 13.8. The summed E-state index contributed by atoms with van der Waals surface area (Å²) in [4.78, 5) is 94.1. The monoisotopic (exact) mass is 1090 g/mol. The number of ether oxygens (including phenoxy) is 1. The maximum atomic E-state index is 13.8. The van der Waals surface area contributed by atoms with Gasteiger partial charge in [-0.25, -0.2) is 9.59 Å². The van der Waals surface area contributed by atoms with E-state index in [0.717, 1.165) is 58.7 Å². The molecule has 6 amide bonds. The van der Waals surface area contributed by atoms with Crippen molar-refractivity contribution in [2.75, 3.05) is 27.2 Å². The van der Waals surface area contributed by atoms with E-state index in [1.807, 2.05) is 105 Å². The highest BCUT2D eigenvalue weighted by Gasteiger charge is 2.50. The van der Waals surface area contributed by atoms with Crippen molar-refractivity contribution in [2.45, 2.75) is 169 Å². The number of amides is 6. The number of hydrogen-bond donors (Lipinski definition) is 6. The Hall–Kier alpha value is -5.63. The van der Waals surface area contributed by atoms with Crippen LogP contribution in [0.1, 0.15) is 135 Å². The van der Waals surface area contributed by atoms with Crippen LogP contribution in [-0.2, 0) is 23.9 Å². The van der Waals surface area contributed by atoms with E-state index in [1.165, 1.54) is 23.3 Å². The number of hydrogen-bond acceptors (Lipinski definition) is 12. The number of carboxylic acid groups (broad SMARTS) is 1. The summed E-state index contributed by atoms with van der Waals surface area (Å²) in [6, 6.07) is 12.9. The van der Waals surface area contributed by atoms with Gasteiger partial charge in [-0.3, -0.25) is 28.9 Å². The van der Waals surface area contributed by atoms with Gasteiger partial charge in [0.1, 0.15) is 23.7 Å². The lowest BCUT2D eigenvalue weighted by Crippen LogP contribution is -2.60. The summed E-state index contributed by atoms with van der Waals surface area (Å²) < 4.78 is 7.46. The van der Waals surface area contributed by atoms with Crippen LogP contribution < -0.4 is 27.0 Å². The van der Waals surface area contributed by atoms with Gasteiger partial charge < -0.3 is 46.6 Å². The van der Waals surface area contributed by atoms with Crippen LogP contribution in [0.25, 0.3) is 20.2 Å². The highest BCUT2D eigenvalue weighted by molar-refractivity contribution is 7.18. The summed E-state index contributed by atoms with van der Waals surface area (Å²) in [5.74, 6) is -0.821. The summed E-state index contributed by atoms with van der Waals surface area (Å²) in [6.07, 6.45) is 5.16. The number of likely N-dealkylation sites (N-methyl/N-ethyl adjacent to an activating group) is 2. The smallest absolute Gasteiger partial charge is 0.410 e. The first-order valence-corrected chi connectivity index (χ1v) is 28.4. The molecule has 0 bridgehead atoms. The topological polar surface area (TPSA) is 233 Å². The van der Waals surface area contributed by atoms with Gasteiger partial charge in [0.25, 0.3) is 5.91 Å². The average Bonchev–Trinajstić information content (AvgIpc) is 4.22. The van der Waals surface area contributed by atoms with Gasteiger partial charge in [0.2, 0.25) is 23.6 Å². The Balaban J connectivity index is 0.000000203. The van der Waals surface area contributed by atoms with Crippen LogP contribution in [0, 0.1) is 22.7 Å². The molecule has 4 aromatic rings. The van der Waals surface area contributed by atoms with Gasteiger partial charge in [0.15, 0.2) is 0 Å². The van der Waals surface area contributed by atoms with E-state index in [-0.39, 0.29) is 59.7 Å². The number of carbonyl (C=O) groups is 7. The van der Waals surface area contributed by atoms with Crippen molar-refractivity contribution in [2.24, 2.45) is 28.4 Å². The van der Waals surface area contributed by atoms with Gasteiger partial charge in [0.05, 0.1) is 23.2 Å². The molecule has 10 atom stereocenters. The molecular formula is C57H82N8O9S2. The Morgan fingerprint density at radius 3 is 1.67 bits per heavy atom. The van der Waals surface area contributed by atoms with Crippen LogP contribution in [0.5, 0.6) is 0 Å². The molecule has 0 spiro atoms. The molecule has 416 valence electrons. The summed E-state index contributed by atoms with van der Waals surface area (Å²) in [7, 11) is 3.25. The molecule has 6 unspecified atom stereocenters. The molecule has 4 heterocycles. The number of fused-ring (bicyclic) bond motifs is 4. The fourth-order valence-corrected chi connectivity index (χ4v) is 12.7. The SMILES string of the molecule is CN[C@@H](C)C(=O)N[C@H](C(=O)N1CCC2CCC(NC(=O)c3csc4ccccc34)C21)C(C)(C)C.C[C@@H](C(=O)N[C@H](C(=O)N1CCC2CCC(N)C21)C(C)(C)C)N(C)C(=O)OC(C)(C)C.O=C(O)c1csc2ccccc12. The minimum absolute atomic E-state index is 0.00463. The predicted molar refractivity (Wildman–Crippen MR) is 300 cm³/mol. The van der Waals surface area contributed by atoms with E-state index in [9.17, 15) is 33.6 Å². The highest BCUT2D eigenvalue weighted by atomic mass is 32.1. The third-order valence-electron chi connectivity index (χ3n) is 15.3. The van der Waals surface area contributed by atoms with Crippen LogP contribution >= 0.6 is 22.7 Å².